The predicted octanol–water partition coefficient (Wildman–Crippen LogP) is 3.68. The summed E-state index contributed by atoms with van der Waals surface area (Å²) in [4.78, 5) is 11.8. The second kappa shape index (κ2) is 7.01. The fourth-order valence-electron chi connectivity index (χ4n) is 1.77. The van der Waals surface area contributed by atoms with Crippen molar-refractivity contribution in [3.63, 3.8) is 0 Å². The maximum Gasteiger partial charge on any atom is 0.224 e. The van der Waals surface area contributed by atoms with Gasteiger partial charge in [0.2, 0.25) is 5.91 Å². The number of rotatable bonds is 6. The van der Waals surface area contributed by atoms with Gasteiger partial charge in [-0.05, 0) is 58.9 Å². The number of amides is 1. The maximum atomic E-state index is 13.1. The summed E-state index contributed by atoms with van der Waals surface area (Å²) in [5, 5.41) is 2.76. The molecule has 5 heteroatoms. The second-order valence-corrected chi connectivity index (χ2v) is 6.23. The number of nitrogens with one attached hydrogen (secondary N) is 1. The summed E-state index contributed by atoms with van der Waals surface area (Å²) in [7, 11) is 0. The number of nitrogens with two attached hydrogens (primary N) is 1. The summed E-state index contributed by atoms with van der Waals surface area (Å²) in [6, 6.07) is 4.42. The molecule has 0 aliphatic carbocycles. The molecule has 0 radical (unpaired) electrons. The van der Waals surface area contributed by atoms with Crippen molar-refractivity contribution in [3.8, 4) is 0 Å². The molecule has 0 saturated heterocycles. The lowest BCUT2D eigenvalue weighted by atomic mass is 9.84. The van der Waals surface area contributed by atoms with Crippen molar-refractivity contribution >= 4 is 27.5 Å². The molecule has 0 unspecified atom stereocenters. The third-order valence-electron chi connectivity index (χ3n) is 3.05. The first-order valence-electron chi connectivity index (χ1n) is 6.29. The molecule has 0 aliphatic heterocycles. The van der Waals surface area contributed by atoms with Crippen molar-refractivity contribution < 1.29 is 9.18 Å². The van der Waals surface area contributed by atoms with Gasteiger partial charge in [-0.3, -0.25) is 4.79 Å². The standard InChI is InChI=1S/C14H20BrFN2O/c1-14(2,7-8-17)6-5-13(19)18-10-3-4-12(16)11(15)9-10/h3-4,9H,5-8,17H2,1-2H3,(H,18,19). The molecule has 0 fully saturated rings. The highest BCUT2D eigenvalue weighted by Crippen LogP contribution is 2.26. The van der Waals surface area contributed by atoms with Crippen molar-refractivity contribution in [1.82, 2.24) is 0 Å². The van der Waals surface area contributed by atoms with E-state index in [1.807, 2.05) is 0 Å². The molecular formula is C14H20BrFN2O. The van der Waals surface area contributed by atoms with Gasteiger partial charge in [0.1, 0.15) is 5.82 Å². The van der Waals surface area contributed by atoms with Crippen molar-refractivity contribution in [2.75, 3.05) is 11.9 Å². The molecule has 0 bridgehead atoms. The number of carbonyl (C=O) groups is 1. The van der Waals surface area contributed by atoms with Crippen LogP contribution in [-0.2, 0) is 4.79 Å². The summed E-state index contributed by atoms with van der Waals surface area (Å²) in [6.07, 6.45) is 2.10. The topological polar surface area (TPSA) is 55.1 Å². The Morgan fingerprint density at radius 2 is 2.11 bits per heavy atom. The molecule has 0 atom stereocenters. The Morgan fingerprint density at radius 3 is 2.68 bits per heavy atom. The molecule has 1 aromatic rings. The molecule has 1 rings (SSSR count). The van der Waals surface area contributed by atoms with Gasteiger partial charge < -0.3 is 11.1 Å². The third kappa shape index (κ3) is 5.70. The van der Waals surface area contributed by atoms with Gasteiger partial charge in [-0.2, -0.15) is 0 Å². The van der Waals surface area contributed by atoms with Crippen LogP contribution in [0.4, 0.5) is 10.1 Å². The lowest BCUT2D eigenvalue weighted by molar-refractivity contribution is -0.116. The minimum absolute atomic E-state index is 0.0649. The summed E-state index contributed by atoms with van der Waals surface area (Å²) < 4.78 is 13.4. The van der Waals surface area contributed by atoms with Gasteiger partial charge in [-0.15, -0.1) is 0 Å². The van der Waals surface area contributed by atoms with E-state index in [2.05, 4.69) is 35.1 Å². The number of carbonyl (C=O) groups excluding carboxylic acids is 1. The zero-order valence-electron chi connectivity index (χ0n) is 11.3. The fourth-order valence-corrected chi connectivity index (χ4v) is 2.14. The normalized spacial score (nSPS) is 11.4. The van der Waals surface area contributed by atoms with Crippen LogP contribution >= 0.6 is 15.9 Å². The van der Waals surface area contributed by atoms with Gasteiger partial charge >= 0.3 is 0 Å². The highest BCUT2D eigenvalue weighted by atomic mass is 79.9. The average Bonchev–Trinajstić information content (AvgIpc) is 2.32. The first kappa shape index (κ1) is 16.1. The number of hydrogen-bond acceptors (Lipinski definition) is 2. The van der Waals surface area contributed by atoms with E-state index in [1.165, 1.54) is 6.07 Å². The Bertz CT molecular complexity index is 449. The molecule has 1 aromatic carbocycles. The number of halogens is 2. The molecule has 3 nitrogen and oxygen atoms in total. The summed E-state index contributed by atoms with van der Waals surface area (Å²) >= 11 is 3.09. The van der Waals surface area contributed by atoms with Gasteiger partial charge in [-0.1, -0.05) is 13.8 Å². The second-order valence-electron chi connectivity index (χ2n) is 5.38. The van der Waals surface area contributed by atoms with Crippen LogP contribution in [0.15, 0.2) is 22.7 Å². The maximum absolute atomic E-state index is 13.1. The molecule has 1 amide bonds. The molecule has 0 aliphatic rings. The number of hydrogen-bond donors (Lipinski definition) is 2. The SMILES string of the molecule is CC(C)(CCN)CCC(=O)Nc1ccc(F)c(Br)c1. The van der Waals surface area contributed by atoms with E-state index in [0.29, 0.717) is 23.1 Å². The summed E-state index contributed by atoms with van der Waals surface area (Å²) in [6.45, 7) is 4.82. The Kier molecular flexibility index (Phi) is 5.94. The monoisotopic (exact) mass is 330 g/mol. The van der Waals surface area contributed by atoms with Crippen molar-refractivity contribution in [2.45, 2.75) is 33.1 Å². The Labute approximate surface area is 121 Å². The van der Waals surface area contributed by atoms with Crippen LogP contribution in [0.3, 0.4) is 0 Å². The lowest BCUT2D eigenvalue weighted by Crippen LogP contribution is -2.20. The van der Waals surface area contributed by atoms with E-state index in [4.69, 9.17) is 5.73 Å². The summed E-state index contributed by atoms with van der Waals surface area (Å²) in [5.41, 5.74) is 6.19. The van der Waals surface area contributed by atoms with E-state index in [9.17, 15) is 9.18 Å². The zero-order valence-corrected chi connectivity index (χ0v) is 12.9. The van der Waals surface area contributed by atoms with Crippen LogP contribution in [0.2, 0.25) is 0 Å². The third-order valence-corrected chi connectivity index (χ3v) is 3.66. The summed E-state index contributed by atoms with van der Waals surface area (Å²) in [5.74, 6) is -0.411. The van der Waals surface area contributed by atoms with Crippen molar-refractivity contribution in [2.24, 2.45) is 11.1 Å². The van der Waals surface area contributed by atoms with E-state index in [-0.39, 0.29) is 17.1 Å². The van der Waals surface area contributed by atoms with Crippen LogP contribution in [0.1, 0.15) is 33.1 Å². The van der Waals surface area contributed by atoms with Crippen LogP contribution in [0.5, 0.6) is 0 Å². The average molecular weight is 331 g/mol. The Balaban J connectivity index is 2.49. The van der Waals surface area contributed by atoms with E-state index < -0.39 is 0 Å². The van der Waals surface area contributed by atoms with E-state index in [0.717, 1.165) is 12.8 Å². The molecule has 0 heterocycles. The van der Waals surface area contributed by atoms with Crippen molar-refractivity contribution in [3.05, 3.63) is 28.5 Å². The van der Waals surface area contributed by atoms with Crippen molar-refractivity contribution in [1.29, 1.82) is 0 Å². The lowest BCUT2D eigenvalue weighted by Gasteiger charge is -2.23. The minimum Gasteiger partial charge on any atom is -0.330 e. The largest absolute Gasteiger partial charge is 0.330 e. The smallest absolute Gasteiger partial charge is 0.224 e. The van der Waals surface area contributed by atoms with Gasteiger partial charge in [-0.25, -0.2) is 4.39 Å². The highest BCUT2D eigenvalue weighted by molar-refractivity contribution is 9.10. The van der Waals surface area contributed by atoms with Gasteiger partial charge in [0, 0.05) is 12.1 Å². The van der Waals surface area contributed by atoms with Crippen LogP contribution in [0.25, 0.3) is 0 Å². The first-order chi connectivity index (χ1) is 8.84. The molecule has 0 spiro atoms. The molecule has 19 heavy (non-hydrogen) atoms. The Morgan fingerprint density at radius 1 is 1.42 bits per heavy atom. The van der Waals surface area contributed by atoms with Gasteiger partial charge in [0.05, 0.1) is 4.47 Å². The molecular weight excluding hydrogens is 311 g/mol. The minimum atomic E-state index is -0.345. The van der Waals surface area contributed by atoms with Crippen LogP contribution < -0.4 is 11.1 Å². The number of anilines is 1. The molecule has 0 aromatic heterocycles. The van der Waals surface area contributed by atoms with Gasteiger partial charge in [0.25, 0.3) is 0 Å². The van der Waals surface area contributed by atoms with Crippen LogP contribution in [0, 0.1) is 11.2 Å². The highest BCUT2D eigenvalue weighted by Gasteiger charge is 2.18. The molecule has 3 N–H and O–H groups in total. The number of benzene rings is 1. The Hall–Kier alpha value is -0.940. The van der Waals surface area contributed by atoms with E-state index >= 15 is 0 Å². The molecule has 106 valence electrons. The zero-order chi connectivity index (χ0) is 14.5. The van der Waals surface area contributed by atoms with Gasteiger partial charge in [0.15, 0.2) is 0 Å². The molecule has 0 saturated carbocycles. The van der Waals surface area contributed by atoms with Crippen LogP contribution in [-0.4, -0.2) is 12.5 Å². The van der Waals surface area contributed by atoms with E-state index in [1.54, 1.807) is 12.1 Å². The predicted molar refractivity (Wildman–Crippen MR) is 79.4 cm³/mol. The quantitative estimate of drug-likeness (QED) is 0.835. The first-order valence-corrected chi connectivity index (χ1v) is 7.08. The fraction of sp³-hybridized carbons (Fsp3) is 0.500.